The Labute approximate surface area is 98.1 Å². The van der Waals surface area contributed by atoms with Gasteiger partial charge in [-0.3, -0.25) is 5.10 Å². The fourth-order valence-corrected chi connectivity index (χ4v) is 2.67. The van der Waals surface area contributed by atoms with Crippen molar-refractivity contribution in [2.45, 2.75) is 6.42 Å². The molecule has 2 aromatic rings. The first kappa shape index (κ1) is 10.4. The number of rotatable bonds is 3. The molecule has 0 aliphatic rings. The van der Waals surface area contributed by atoms with Crippen molar-refractivity contribution >= 4 is 33.2 Å². The van der Waals surface area contributed by atoms with Crippen LogP contribution >= 0.6 is 27.3 Å². The first-order valence-electron chi connectivity index (χ1n) is 4.15. The van der Waals surface area contributed by atoms with E-state index in [1.165, 1.54) is 0 Å². The number of H-pyrrole nitrogens is 1. The zero-order valence-electron chi connectivity index (χ0n) is 7.53. The highest BCUT2D eigenvalue weighted by molar-refractivity contribution is 9.10. The Balaban J connectivity index is 2.14. The van der Waals surface area contributed by atoms with Crippen molar-refractivity contribution in [3.05, 3.63) is 38.3 Å². The van der Waals surface area contributed by atoms with Gasteiger partial charge in [-0.05, 0) is 28.1 Å². The number of hydrogen-bond donors (Lipinski definition) is 2. The predicted molar refractivity (Wildman–Crippen MR) is 60.4 cm³/mol. The Hall–Kier alpha value is -1.14. The summed E-state index contributed by atoms with van der Waals surface area (Å²) in [6.07, 6.45) is 0.677. The van der Waals surface area contributed by atoms with Gasteiger partial charge in [0.2, 0.25) is 0 Å². The van der Waals surface area contributed by atoms with Gasteiger partial charge in [0.15, 0.2) is 5.69 Å². The van der Waals surface area contributed by atoms with Crippen molar-refractivity contribution < 1.29 is 9.90 Å². The van der Waals surface area contributed by atoms with Crippen LogP contribution in [0.2, 0.25) is 0 Å². The lowest BCUT2D eigenvalue weighted by atomic mass is 10.2. The van der Waals surface area contributed by atoms with Crippen molar-refractivity contribution in [3.8, 4) is 0 Å². The summed E-state index contributed by atoms with van der Waals surface area (Å²) in [6.45, 7) is 0. The highest BCUT2D eigenvalue weighted by Crippen LogP contribution is 2.21. The number of aromatic carboxylic acids is 1. The normalized spacial score (nSPS) is 10.5. The molecule has 0 bridgehead atoms. The lowest BCUT2D eigenvalue weighted by molar-refractivity contribution is 0.0690. The Kier molecular flexibility index (Phi) is 2.88. The van der Waals surface area contributed by atoms with Gasteiger partial charge < -0.3 is 5.11 Å². The molecule has 0 saturated heterocycles. The van der Waals surface area contributed by atoms with Crippen LogP contribution in [0.3, 0.4) is 0 Å². The molecule has 0 radical (unpaired) electrons. The van der Waals surface area contributed by atoms with E-state index in [1.807, 2.05) is 11.4 Å². The number of thiophene rings is 1. The van der Waals surface area contributed by atoms with Gasteiger partial charge in [-0.1, -0.05) is 0 Å². The van der Waals surface area contributed by atoms with Gasteiger partial charge in [-0.25, -0.2) is 4.79 Å². The van der Waals surface area contributed by atoms with Crippen LogP contribution < -0.4 is 0 Å². The Morgan fingerprint density at radius 3 is 2.93 bits per heavy atom. The molecule has 2 heterocycles. The molecule has 0 aliphatic heterocycles. The number of aromatic nitrogens is 2. The summed E-state index contributed by atoms with van der Waals surface area (Å²) in [7, 11) is 0. The lowest BCUT2D eigenvalue weighted by Gasteiger charge is -1.90. The number of carboxylic acids is 1. The molecular weight excluding hydrogens is 280 g/mol. The third-order valence-corrected chi connectivity index (χ3v) is 3.53. The van der Waals surface area contributed by atoms with Gasteiger partial charge in [-0.15, -0.1) is 11.3 Å². The number of hydrogen-bond acceptors (Lipinski definition) is 3. The number of nitrogens with one attached hydrogen (secondary N) is 1. The maximum atomic E-state index is 10.6. The number of nitrogens with zero attached hydrogens (tertiary/aromatic N) is 1. The average molecular weight is 287 g/mol. The van der Waals surface area contributed by atoms with Gasteiger partial charge in [0, 0.05) is 26.8 Å². The maximum Gasteiger partial charge on any atom is 0.356 e. The number of carbonyl (C=O) groups is 1. The van der Waals surface area contributed by atoms with E-state index >= 15 is 0 Å². The quantitative estimate of drug-likeness (QED) is 0.911. The van der Waals surface area contributed by atoms with Crippen molar-refractivity contribution in [1.82, 2.24) is 10.2 Å². The smallest absolute Gasteiger partial charge is 0.356 e. The third kappa shape index (κ3) is 2.45. The summed E-state index contributed by atoms with van der Waals surface area (Å²) in [4.78, 5) is 11.7. The molecule has 15 heavy (non-hydrogen) atoms. The van der Waals surface area contributed by atoms with E-state index in [0.717, 1.165) is 15.0 Å². The SMILES string of the molecule is O=C(O)c1cc(Cc2cc(Br)cs2)[nH]n1. The van der Waals surface area contributed by atoms with Gasteiger partial charge in [-0.2, -0.15) is 5.10 Å². The zero-order valence-corrected chi connectivity index (χ0v) is 9.93. The summed E-state index contributed by atoms with van der Waals surface area (Å²) >= 11 is 4.98. The molecule has 0 spiro atoms. The Morgan fingerprint density at radius 2 is 2.40 bits per heavy atom. The van der Waals surface area contributed by atoms with Crippen molar-refractivity contribution in [3.63, 3.8) is 0 Å². The molecule has 78 valence electrons. The summed E-state index contributed by atoms with van der Waals surface area (Å²) in [6, 6.07) is 3.56. The van der Waals surface area contributed by atoms with E-state index in [4.69, 9.17) is 5.11 Å². The molecule has 0 saturated carbocycles. The van der Waals surface area contributed by atoms with E-state index in [0.29, 0.717) is 6.42 Å². The monoisotopic (exact) mass is 286 g/mol. The highest BCUT2D eigenvalue weighted by atomic mass is 79.9. The van der Waals surface area contributed by atoms with E-state index < -0.39 is 5.97 Å². The van der Waals surface area contributed by atoms with Crippen LogP contribution in [0.25, 0.3) is 0 Å². The molecule has 6 heteroatoms. The first-order valence-corrected chi connectivity index (χ1v) is 5.83. The lowest BCUT2D eigenvalue weighted by Crippen LogP contribution is -1.95. The van der Waals surface area contributed by atoms with Crippen LogP contribution in [0.4, 0.5) is 0 Å². The highest BCUT2D eigenvalue weighted by Gasteiger charge is 2.08. The van der Waals surface area contributed by atoms with E-state index in [9.17, 15) is 4.79 Å². The summed E-state index contributed by atoms with van der Waals surface area (Å²) in [5.41, 5.74) is 0.863. The molecule has 0 unspecified atom stereocenters. The van der Waals surface area contributed by atoms with Crippen LogP contribution in [0, 0.1) is 0 Å². The van der Waals surface area contributed by atoms with E-state index in [-0.39, 0.29) is 5.69 Å². The van der Waals surface area contributed by atoms with Crippen molar-refractivity contribution in [2.24, 2.45) is 0 Å². The minimum Gasteiger partial charge on any atom is -0.476 e. The van der Waals surface area contributed by atoms with Crippen molar-refractivity contribution in [2.75, 3.05) is 0 Å². The second kappa shape index (κ2) is 4.16. The first-order chi connectivity index (χ1) is 7.15. The molecule has 4 nitrogen and oxygen atoms in total. The van der Waals surface area contributed by atoms with Gasteiger partial charge in [0.05, 0.1) is 0 Å². The maximum absolute atomic E-state index is 10.6. The Bertz CT molecular complexity index is 492. The fraction of sp³-hybridized carbons (Fsp3) is 0.111. The van der Waals surface area contributed by atoms with Crippen LogP contribution in [-0.4, -0.2) is 21.3 Å². The Morgan fingerprint density at radius 1 is 1.60 bits per heavy atom. The van der Waals surface area contributed by atoms with Crippen molar-refractivity contribution in [1.29, 1.82) is 0 Å². The van der Waals surface area contributed by atoms with E-state index in [1.54, 1.807) is 17.4 Å². The predicted octanol–water partition coefficient (Wildman–Crippen LogP) is 2.52. The molecule has 0 amide bonds. The van der Waals surface area contributed by atoms with Crippen LogP contribution in [0.1, 0.15) is 21.1 Å². The minimum absolute atomic E-state index is 0.0561. The van der Waals surface area contributed by atoms with Gasteiger partial charge in [0.25, 0.3) is 0 Å². The standard InChI is InChI=1S/C9H7BrN2O2S/c10-5-1-7(15-4-5)2-6-3-8(9(13)14)12-11-6/h1,3-4H,2H2,(H,11,12)(H,13,14). The van der Waals surface area contributed by atoms with Crippen LogP contribution in [-0.2, 0) is 6.42 Å². The summed E-state index contributed by atoms with van der Waals surface area (Å²) < 4.78 is 1.04. The van der Waals surface area contributed by atoms with Gasteiger partial charge in [0.1, 0.15) is 0 Å². The minimum atomic E-state index is -1.01. The molecule has 2 aromatic heterocycles. The summed E-state index contributed by atoms with van der Waals surface area (Å²) in [5, 5.41) is 17.1. The molecule has 0 fully saturated rings. The molecular formula is C9H7BrN2O2S. The fourth-order valence-electron chi connectivity index (χ4n) is 1.20. The largest absolute Gasteiger partial charge is 0.476 e. The summed E-state index contributed by atoms with van der Waals surface area (Å²) in [5.74, 6) is -1.01. The van der Waals surface area contributed by atoms with Crippen LogP contribution in [0.15, 0.2) is 22.0 Å². The number of halogens is 1. The molecule has 0 aromatic carbocycles. The van der Waals surface area contributed by atoms with E-state index in [2.05, 4.69) is 26.1 Å². The van der Waals surface area contributed by atoms with Gasteiger partial charge >= 0.3 is 5.97 Å². The molecule has 2 rings (SSSR count). The molecule has 0 aliphatic carbocycles. The second-order valence-electron chi connectivity index (χ2n) is 2.99. The number of aromatic amines is 1. The number of carboxylic acid groups (broad SMARTS) is 1. The second-order valence-corrected chi connectivity index (χ2v) is 4.90. The molecule has 0 atom stereocenters. The zero-order chi connectivity index (χ0) is 10.8. The van der Waals surface area contributed by atoms with Crippen LogP contribution in [0.5, 0.6) is 0 Å². The molecule has 2 N–H and O–H groups in total. The third-order valence-electron chi connectivity index (χ3n) is 1.84. The topological polar surface area (TPSA) is 66.0 Å². The average Bonchev–Trinajstić information content (AvgIpc) is 2.76.